The van der Waals surface area contributed by atoms with Crippen molar-refractivity contribution in [3.8, 4) is 5.75 Å². The van der Waals surface area contributed by atoms with Crippen molar-refractivity contribution < 1.29 is 9.53 Å². The number of carbonyl (C=O) groups excluding carboxylic acids is 1. The normalized spacial score (nSPS) is 10.3. The molecule has 5 nitrogen and oxygen atoms in total. The van der Waals surface area contributed by atoms with Crippen molar-refractivity contribution >= 4 is 23.1 Å². The molecule has 27 heavy (non-hydrogen) atoms. The van der Waals surface area contributed by atoms with Crippen LogP contribution in [-0.4, -0.2) is 24.0 Å². The summed E-state index contributed by atoms with van der Waals surface area (Å²) in [6.45, 7) is 5.14. The maximum Gasteiger partial charge on any atom is 0.258 e. The first kappa shape index (κ1) is 18.5. The average molecular weight is 361 g/mol. The minimum Gasteiger partial charge on any atom is -0.494 e. The van der Waals surface area contributed by atoms with Crippen molar-refractivity contribution in [3.63, 3.8) is 0 Å². The van der Waals surface area contributed by atoms with Crippen molar-refractivity contribution in [2.45, 2.75) is 13.8 Å². The zero-order valence-corrected chi connectivity index (χ0v) is 15.6. The molecular weight excluding hydrogens is 338 g/mol. The van der Waals surface area contributed by atoms with E-state index < -0.39 is 0 Å². The zero-order chi connectivity index (χ0) is 19.1. The molecule has 0 aliphatic rings. The lowest BCUT2D eigenvalue weighted by atomic mass is 10.2. The van der Waals surface area contributed by atoms with E-state index >= 15 is 0 Å². The SMILES string of the molecule is CCOc1ccc(Nc2cc(C(=O)N(CC)c3ccccc3)ccn2)cc1. The maximum absolute atomic E-state index is 13.0. The van der Waals surface area contributed by atoms with Crippen LogP contribution in [0.3, 0.4) is 0 Å². The molecule has 0 bridgehead atoms. The summed E-state index contributed by atoms with van der Waals surface area (Å²) in [7, 11) is 0. The van der Waals surface area contributed by atoms with Crippen molar-refractivity contribution in [3.05, 3.63) is 78.5 Å². The van der Waals surface area contributed by atoms with Crippen LogP contribution >= 0.6 is 0 Å². The second kappa shape index (κ2) is 8.85. The Bertz CT molecular complexity index is 880. The fourth-order valence-corrected chi connectivity index (χ4v) is 2.79. The first-order chi connectivity index (χ1) is 13.2. The van der Waals surface area contributed by atoms with Gasteiger partial charge in [0.25, 0.3) is 5.91 Å². The van der Waals surface area contributed by atoms with Gasteiger partial charge in [-0.15, -0.1) is 0 Å². The molecule has 1 N–H and O–H groups in total. The third-order valence-corrected chi connectivity index (χ3v) is 4.07. The van der Waals surface area contributed by atoms with Crippen LogP contribution in [0.1, 0.15) is 24.2 Å². The van der Waals surface area contributed by atoms with E-state index in [1.165, 1.54) is 0 Å². The lowest BCUT2D eigenvalue weighted by Crippen LogP contribution is -2.30. The molecule has 0 aliphatic heterocycles. The Hall–Kier alpha value is -3.34. The molecule has 0 aliphatic carbocycles. The molecule has 0 saturated heterocycles. The number of pyridine rings is 1. The summed E-state index contributed by atoms with van der Waals surface area (Å²) in [5.41, 5.74) is 2.35. The molecule has 0 radical (unpaired) electrons. The number of benzene rings is 2. The summed E-state index contributed by atoms with van der Waals surface area (Å²) in [5.74, 6) is 1.39. The molecule has 0 spiro atoms. The van der Waals surface area contributed by atoms with Crippen LogP contribution in [0.2, 0.25) is 0 Å². The summed E-state index contributed by atoms with van der Waals surface area (Å²) >= 11 is 0. The van der Waals surface area contributed by atoms with E-state index in [0.29, 0.717) is 24.5 Å². The average Bonchev–Trinajstić information content (AvgIpc) is 2.71. The minimum atomic E-state index is -0.0548. The first-order valence-electron chi connectivity index (χ1n) is 9.04. The second-order valence-electron chi connectivity index (χ2n) is 5.90. The number of ether oxygens (including phenoxy) is 1. The van der Waals surface area contributed by atoms with E-state index in [1.807, 2.05) is 68.4 Å². The summed E-state index contributed by atoms with van der Waals surface area (Å²) in [4.78, 5) is 19.0. The smallest absolute Gasteiger partial charge is 0.258 e. The van der Waals surface area contributed by atoms with Crippen LogP contribution in [0.4, 0.5) is 17.2 Å². The molecule has 1 heterocycles. The van der Waals surface area contributed by atoms with Crippen LogP contribution in [-0.2, 0) is 0 Å². The van der Waals surface area contributed by atoms with Gasteiger partial charge >= 0.3 is 0 Å². The third kappa shape index (κ3) is 4.64. The van der Waals surface area contributed by atoms with Crippen molar-refractivity contribution in [1.82, 2.24) is 4.98 Å². The Morgan fingerprint density at radius 2 is 1.78 bits per heavy atom. The van der Waals surface area contributed by atoms with Crippen LogP contribution in [0.25, 0.3) is 0 Å². The summed E-state index contributed by atoms with van der Waals surface area (Å²) in [6, 6.07) is 20.8. The van der Waals surface area contributed by atoms with Gasteiger partial charge in [0.2, 0.25) is 0 Å². The molecule has 0 saturated carbocycles. The van der Waals surface area contributed by atoms with Gasteiger partial charge in [-0.1, -0.05) is 18.2 Å². The number of rotatable bonds is 7. The number of nitrogens with zero attached hydrogens (tertiary/aromatic N) is 2. The summed E-state index contributed by atoms with van der Waals surface area (Å²) in [6.07, 6.45) is 1.64. The third-order valence-electron chi connectivity index (χ3n) is 4.07. The maximum atomic E-state index is 13.0. The molecule has 5 heteroatoms. The largest absolute Gasteiger partial charge is 0.494 e. The molecule has 138 valence electrons. The first-order valence-corrected chi connectivity index (χ1v) is 9.04. The number of para-hydroxylation sites is 1. The molecule has 3 rings (SSSR count). The van der Waals surface area contributed by atoms with Gasteiger partial charge in [0.15, 0.2) is 0 Å². The lowest BCUT2D eigenvalue weighted by Gasteiger charge is -2.21. The fourth-order valence-electron chi connectivity index (χ4n) is 2.79. The van der Waals surface area contributed by atoms with E-state index in [2.05, 4.69) is 10.3 Å². The highest BCUT2D eigenvalue weighted by molar-refractivity contribution is 6.06. The van der Waals surface area contributed by atoms with Crippen molar-refractivity contribution in [2.24, 2.45) is 0 Å². The zero-order valence-electron chi connectivity index (χ0n) is 15.6. The predicted molar refractivity (Wildman–Crippen MR) is 109 cm³/mol. The number of nitrogens with one attached hydrogen (secondary N) is 1. The van der Waals surface area contributed by atoms with Crippen LogP contribution in [0, 0.1) is 0 Å². The molecule has 2 aromatic carbocycles. The topological polar surface area (TPSA) is 54.5 Å². The van der Waals surface area contributed by atoms with E-state index in [1.54, 1.807) is 23.2 Å². The summed E-state index contributed by atoms with van der Waals surface area (Å²) in [5, 5.41) is 3.23. The molecule has 0 unspecified atom stereocenters. The Balaban J connectivity index is 1.77. The molecule has 1 aromatic heterocycles. The molecule has 0 atom stereocenters. The van der Waals surface area contributed by atoms with Gasteiger partial charge in [-0.05, 0) is 62.4 Å². The highest BCUT2D eigenvalue weighted by Gasteiger charge is 2.16. The monoisotopic (exact) mass is 361 g/mol. The van der Waals surface area contributed by atoms with Crippen molar-refractivity contribution in [2.75, 3.05) is 23.4 Å². The van der Waals surface area contributed by atoms with Crippen molar-refractivity contribution in [1.29, 1.82) is 0 Å². The highest BCUT2D eigenvalue weighted by atomic mass is 16.5. The highest BCUT2D eigenvalue weighted by Crippen LogP contribution is 2.21. The molecular formula is C22H23N3O2. The number of anilines is 3. The predicted octanol–water partition coefficient (Wildman–Crippen LogP) is 4.89. The van der Waals surface area contributed by atoms with E-state index in [9.17, 15) is 4.79 Å². The molecule has 0 fully saturated rings. The Morgan fingerprint density at radius 3 is 2.44 bits per heavy atom. The number of carbonyl (C=O) groups is 1. The number of aromatic nitrogens is 1. The second-order valence-corrected chi connectivity index (χ2v) is 5.90. The molecule has 3 aromatic rings. The number of hydrogen-bond acceptors (Lipinski definition) is 4. The van der Waals surface area contributed by atoms with Gasteiger partial charge < -0.3 is 15.0 Å². The van der Waals surface area contributed by atoms with Crippen LogP contribution in [0.5, 0.6) is 5.75 Å². The van der Waals surface area contributed by atoms with E-state index in [4.69, 9.17) is 4.74 Å². The van der Waals surface area contributed by atoms with Crippen LogP contribution < -0.4 is 15.0 Å². The van der Waals surface area contributed by atoms with Gasteiger partial charge in [-0.3, -0.25) is 4.79 Å². The lowest BCUT2D eigenvalue weighted by molar-refractivity contribution is 0.0988. The van der Waals surface area contributed by atoms with Gasteiger partial charge in [-0.2, -0.15) is 0 Å². The number of hydrogen-bond donors (Lipinski definition) is 1. The van der Waals surface area contributed by atoms with Gasteiger partial charge in [0, 0.05) is 29.7 Å². The Morgan fingerprint density at radius 1 is 1.04 bits per heavy atom. The fraction of sp³-hybridized carbons (Fsp3) is 0.182. The van der Waals surface area contributed by atoms with E-state index in [0.717, 1.165) is 17.1 Å². The Labute approximate surface area is 159 Å². The quantitative estimate of drug-likeness (QED) is 0.651. The van der Waals surface area contributed by atoms with Gasteiger partial charge in [0.1, 0.15) is 11.6 Å². The standard InChI is InChI=1S/C22H23N3O2/c1-3-25(19-8-6-5-7-9-19)22(26)17-14-15-23-21(16-17)24-18-10-12-20(13-11-18)27-4-2/h5-16H,3-4H2,1-2H3,(H,23,24). The van der Waals surface area contributed by atoms with Gasteiger partial charge in [0.05, 0.1) is 6.61 Å². The van der Waals surface area contributed by atoms with E-state index in [-0.39, 0.29) is 5.91 Å². The Kier molecular flexibility index (Phi) is 6.05. The van der Waals surface area contributed by atoms with Crippen LogP contribution in [0.15, 0.2) is 72.9 Å². The molecule has 1 amide bonds. The summed E-state index contributed by atoms with van der Waals surface area (Å²) < 4.78 is 5.45. The number of amides is 1. The van der Waals surface area contributed by atoms with Gasteiger partial charge in [-0.25, -0.2) is 4.98 Å². The minimum absolute atomic E-state index is 0.0548.